The van der Waals surface area contributed by atoms with Gasteiger partial charge in [-0.05, 0) is 60.7 Å². The monoisotopic (exact) mass is 692 g/mol. The summed E-state index contributed by atoms with van der Waals surface area (Å²) in [5.74, 6) is -3.46. The summed E-state index contributed by atoms with van der Waals surface area (Å²) in [6.07, 6.45) is 2.07. The maximum Gasteiger partial charge on any atom is 0.249 e. The van der Waals surface area contributed by atoms with Gasteiger partial charge < -0.3 is 30.3 Å². The normalized spacial score (nSPS) is 15.7. The molecule has 3 aromatic rings. The molecule has 1 aliphatic heterocycles. The lowest BCUT2D eigenvalue weighted by Crippen LogP contribution is -2.58. The number of nitrogens with one attached hydrogen (secondary N) is 2. The number of amides is 3. The van der Waals surface area contributed by atoms with Gasteiger partial charge in [0.2, 0.25) is 17.7 Å². The molecule has 1 aliphatic rings. The molecule has 3 amide bonds. The molecule has 3 N–H and O–H groups in total. The van der Waals surface area contributed by atoms with Crippen LogP contribution in [-0.2, 0) is 32.0 Å². The largest absolute Gasteiger partial charge is 0.396 e. The van der Waals surface area contributed by atoms with Crippen molar-refractivity contribution in [2.24, 2.45) is 5.41 Å². The zero-order chi connectivity index (χ0) is 36.3. The summed E-state index contributed by atoms with van der Waals surface area (Å²) in [6.45, 7) is 6.39. The molecule has 0 unspecified atom stereocenters. The van der Waals surface area contributed by atoms with Crippen molar-refractivity contribution in [3.63, 3.8) is 0 Å². The molecule has 4 rings (SSSR count). The second kappa shape index (κ2) is 18.2. The number of likely N-dealkylation sites (N-methyl/N-ethyl adjacent to an activating group) is 2. The van der Waals surface area contributed by atoms with Crippen LogP contribution in [0.15, 0.2) is 72.8 Å². The van der Waals surface area contributed by atoms with Crippen LogP contribution in [0.2, 0.25) is 0 Å². The minimum Gasteiger partial charge on any atom is -0.396 e. The van der Waals surface area contributed by atoms with Crippen molar-refractivity contribution in [1.29, 1.82) is 0 Å². The van der Waals surface area contributed by atoms with Gasteiger partial charge in [0.05, 0.1) is 6.61 Å². The second-order valence-electron chi connectivity index (χ2n) is 13.7. The molecule has 3 aromatic carbocycles. The molecule has 1 heterocycles. The molecule has 0 aromatic heterocycles. The van der Waals surface area contributed by atoms with Crippen molar-refractivity contribution in [3.05, 3.63) is 95.6 Å². The molecule has 11 heteroatoms. The molecule has 270 valence electrons. The Labute approximate surface area is 294 Å². The summed E-state index contributed by atoms with van der Waals surface area (Å²) in [5, 5.41) is 15.9. The van der Waals surface area contributed by atoms with Gasteiger partial charge in [-0.1, -0.05) is 74.5 Å². The van der Waals surface area contributed by atoms with E-state index < -0.39 is 40.9 Å². The highest BCUT2D eigenvalue weighted by atomic mass is 19.2. The first-order valence-electron chi connectivity index (χ1n) is 17.3. The van der Waals surface area contributed by atoms with Crippen LogP contribution >= 0.6 is 0 Å². The smallest absolute Gasteiger partial charge is 0.249 e. The van der Waals surface area contributed by atoms with E-state index >= 15 is 0 Å². The number of carbonyl (C=O) groups is 3. The van der Waals surface area contributed by atoms with Crippen molar-refractivity contribution in [3.8, 4) is 11.1 Å². The molecule has 0 radical (unpaired) electrons. The van der Waals surface area contributed by atoms with Crippen LogP contribution in [0.3, 0.4) is 0 Å². The van der Waals surface area contributed by atoms with Gasteiger partial charge >= 0.3 is 0 Å². The van der Waals surface area contributed by atoms with Gasteiger partial charge in [0.1, 0.15) is 18.7 Å². The fourth-order valence-electron chi connectivity index (χ4n) is 6.00. The van der Waals surface area contributed by atoms with E-state index in [1.807, 2.05) is 54.6 Å². The lowest BCUT2D eigenvalue weighted by Gasteiger charge is -2.37. The Kier molecular flexibility index (Phi) is 14.0. The minimum atomic E-state index is -1.12. The Hall–Kier alpha value is -4.19. The van der Waals surface area contributed by atoms with E-state index in [2.05, 4.69) is 10.6 Å². The van der Waals surface area contributed by atoms with Crippen LogP contribution in [0.25, 0.3) is 11.1 Å². The SMILES string of the molecule is CCN(C(=O)[C@@H](Cc1ccc(-c2ccccc2)cc1)N(C)C(=O)COC[C@@H]1CCCN1)[C@H](Cc1ccc(F)c(F)c1)C(=O)NCC(C)(C)CO. The van der Waals surface area contributed by atoms with Gasteiger partial charge in [0, 0.05) is 51.0 Å². The van der Waals surface area contributed by atoms with Gasteiger partial charge in [-0.3, -0.25) is 14.4 Å². The van der Waals surface area contributed by atoms with Crippen LogP contribution in [0, 0.1) is 17.0 Å². The Morgan fingerprint density at radius 3 is 2.24 bits per heavy atom. The van der Waals surface area contributed by atoms with Crippen molar-refractivity contribution in [1.82, 2.24) is 20.4 Å². The summed E-state index contributed by atoms with van der Waals surface area (Å²) in [4.78, 5) is 44.8. The van der Waals surface area contributed by atoms with Gasteiger partial charge in [0.25, 0.3) is 0 Å². The van der Waals surface area contributed by atoms with Crippen molar-refractivity contribution >= 4 is 17.7 Å². The lowest BCUT2D eigenvalue weighted by atomic mass is 9.94. The summed E-state index contributed by atoms with van der Waals surface area (Å²) in [6, 6.07) is 19.1. The predicted molar refractivity (Wildman–Crippen MR) is 189 cm³/mol. The third-order valence-corrected chi connectivity index (χ3v) is 9.23. The highest BCUT2D eigenvalue weighted by Crippen LogP contribution is 2.22. The topological polar surface area (TPSA) is 111 Å². The van der Waals surface area contributed by atoms with Gasteiger partial charge in [-0.2, -0.15) is 0 Å². The zero-order valence-corrected chi connectivity index (χ0v) is 29.5. The zero-order valence-electron chi connectivity index (χ0n) is 29.5. The molecule has 0 saturated carbocycles. The fourth-order valence-corrected chi connectivity index (χ4v) is 6.00. The van der Waals surface area contributed by atoms with Crippen LogP contribution in [0.4, 0.5) is 8.78 Å². The quantitative estimate of drug-likeness (QED) is 0.194. The summed E-state index contributed by atoms with van der Waals surface area (Å²) in [7, 11) is 1.56. The highest BCUT2D eigenvalue weighted by Gasteiger charge is 2.37. The average molecular weight is 693 g/mol. The lowest BCUT2D eigenvalue weighted by molar-refractivity contribution is -0.150. The maximum atomic E-state index is 14.6. The van der Waals surface area contributed by atoms with E-state index in [0.717, 1.165) is 48.2 Å². The van der Waals surface area contributed by atoms with E-state index in [-0.39, 0.29) is 51.1 Å². The number of aliphatic hydroxyl groups excluding tert-OH is 1. The van der Waals surface area contributed by atoms with Gasteiger partial charge in [-0.25, -0.2) is 8.78 Å². The first kappa shape index (κ1) is 38.6. The van der Waals surface area contributed by atoms with Gasteiger partial charge in [-0.15, -0.1) is 0 Å². The summed E-state index contributed by atoms with van der Waals surface area (Å²) < 4.78 is 33.9. The number of ether oxygens (including phenoxy) is 1. The van der Waals surface area contributed by atoms with Crippen LogP contribution in [0.1, 0.15) is 44.7 Å². The Morgan fingerprint density at radius 1 is 0.960 bits per heavy atom. The number of hydrogen-bond acceptors (Lipinski definition) is 6. The minimum absolute atomic E-state index is 0.0965. The van der Waals surface area contributed by atoms with E-state index in [4.69, 9.17) is 4.74 Å². The van der Waals surface area contributed by atoms with Gasteiger partial charge in [0.15, 0.2) is 11.6 Å². The van der Waals surface area contributed by atoms with E-state index in [1.165, 1.54) is 15.9 Å². The van der Waals surface area contributed by atoms with E-state index in [9.17, 15) is 28.3 Å². The number of aliphatic hydroxyl groups is 1. The fraction of sp³-hybridized carbons (Fsp3) is 0.462. The number of hydrogen-bond donors (Lipinski definition) is 3. The Morgan fingerprint density at radius 2 is 1.62 bits per heavy atom. The predicted octanol–water partition coefficient (Wildman–Crippen LogP) is 4.36. The first-order chi connectivity index (χ1) is 23.9. The van der Waals surface area contributed by atoms with Crippen molar-refractivity contribution < 1.29 is 33.0 Å². The molecular weight excluding hydrogens is 642 g/mol. The average Bonchev–Trinajstić information content (AvgIpc) is 3.65. The molecule has 3 atom stereocenters. The van der Waals surface area contributed by atoms with Crippen LogP contribution < -0.4 is 10.6 Å². The molecule has 0 bridgehead atoms. The number of rotatable bonds is 17. The molecule has 0 spiro atoms. The Balaban J connectivity index is 1.63. The molecule has 9 nitrogen and oxygen atoms in total. The molecule has 1 fully saturated rings. The van der Waals surface area contributed by atoms with Crippen LogP contribution in [-0.4, -0.2) is 97.3 Å². The Bertz CT molecular complexity index is 1560. The third-order valence-electron chi connectivity index (χ3n) is 9.23. The van der Waals surface area contributed by atoms with E-state index in [1.54, 1.807) is 27.8 Å². The molecule has 50 heavy (non-hydrogen) atoms. The number of benzene rings is 3. The van der Waals surface area contributed by atoms with Crippen LogP contribution in [0.5, 0.6) is 0 Å². The third kappa shape index (κ3) is 10.7. The molecule has 1 saturated heterocycles. The molecular formula is C39H50F2N4O5. The van der Waals surface area contributed by atoms with Crippen molar-refractivity contribution in [2.75, 3.05) is 46.5 Å². The molecule has 0 aliphatic carbocycles. The number of halogens is 2. The van der Waals surface area contributed by atoms with Crippen molar-refractivity contribution in [2.45, 2.75) is 64.6 Å². The van der Waals surface area contributed by atoms with E-state index in [0.29, 0.717) is 12.2 Å². The first-order valence-corrected chi connectivity index (χ1v) is 17.3. The maximum absolute atomic E-state index is 14.6. The second-order valence-corrected chi connectivity index (χ2v) is 13.7. The standard InChI is InChI=1S/C39H50F2N4O5/c1-5-45(34(37(48)43-25-39(2,3)26-46)22-28-15-18-32(40)33(41)20-28)38(49)35(44(4)36(47)24-50-23-31-12-9-19-42-31)21-27-13-16-30(17-14-27)29-10-7-6-8-11-29/h6-8,10-11,13-18,20,31,34-35,42,46H,5,9,12,19,21-26H2,1-4H3,(H,43,48)/t31-,34+,35+/m0/s1. The number of nitrogens with zero attached hydrogens (tertiary/aromatic N) is 2. The summed E-state index contributed by atoms with van der Waals surface area (Å²) in [5.41, 5.74) is 2.53. The highest BCUT2D eigenvalue weighted by molar-refractivity contribution is 5.92. The number of carbonyl (C=O) groups excluding carboxylic acids is 3. The summed E-state index contributed by atoms with van der Waals surface area (Å²) >= 11 is 0.